The molecule has 0 bridgehead atoms. The molecule has 0 amide bonds. The van der Waals surface area contributed by atoms with Crippen LogP contribution in [-0.4, -0.2) is 32.4 Å². The number of fused-ring (bicyclic) bond motifs is 2. The number of aromatic nitrogens is 4. The smallest absolute Gasteiger partial charge is 0.269 e. The number of aliphatic hydroxyl groups is 1. The van der Waals surface area contributed by atoms with Crippen LogP contribution in [-0.2, 0) is 22.0 Å². The van der Waals surface area contributed by atoms with Gasteiger partial charge in [0.25, 0.3) is 10.0 Å². The normalized spacial score (nSPS) is 18.0. The minimum atomic E-state index is -3.86. The van der Waals surface area contributed by atoms with Crippen LogP contribution >= 0.6 is 11.3 Å². The van der Waals surface area contributed by atoms with Crippen LogP contribution in [0.5, 0.6) is 0 Å². The molecule has 1 aliphatic rings. The highest BCUT2D eigenvalue weighted by atomic mass is 32.2. The Kier molecular flexibility index (Phi) is 5.76. The lowest BCUT2D eigenvalue weighted by Gasteiger charge is -2.38. The first-order valence-electron chi connectivity index (χ1n) is 13.2. The number of pyridine rings is 2. The molecule has 0 saturated heterocycles. The summed E-state index contributed by atoms with van der Waals surface area (Å²) in [6.07, 6.45) is 7.48. The molecular formula is C32H26N4O3S2. The molecule has 7 rings (SSSR count). The third-order valence-corrected chi connectivity index (χ3v) is 10.6. The van der Waals surface area contributed by atoms with Gasteiger partial charge in [0.05, 0.1) is 10.6 Å². The van der Waals surface area contributed by atoms with Gasteiger partial charge in [-0.15, -0.1) is 11.3 Å². The molecule has 1 aliphatic carbocycles. The first-order valence-corrected chi connectivity index (χ1v) is 15.5. The van der Waals surface area contributed by atoms with E-state index in [4.69, 9.17) is 4.98 Å². The Morgan fingerprint density at radius 3 is 2.63 bits per heavy atom. The number of hydrogen-bond donors (Lipinski definition) is 1. The zero-order valence-corrected chi connectivity index (χ0v) is 24.0. The molecule has 0 saturated carbocycles. The summed E-state index contributed by atoms with van der Waals surface area (Å²) >= 11 is 1.44. The minimum absolute atomic E-state index is 0.190. The molecule has 41 heavy (non-hydrogen) atoms. The van der Waals surface area contributed by atoms with Gasteiger partial charge in [-0.2, -0.15) is 0 Å². The second kappa shape index (κ2) is 9.17. The van der Waals surface area contributed by atoms with E-state index in [0.29, 0.717) is 21.6 Å². The molecule has 4 aromatic heterocycles. The maximum atomic E-state index is 13.5. The second-order valence-electron chi connectivity index (χ2n) is 11.0. The van der Waals surface area contributed by atoms with Crippen LogP contribution in [0, 0.1) is 5.41 Å². The van der Waals surface area contributed by atoms with Gasteiger partial charge in [0.15, 0.2) is 5.65 Å². The summed E-state index contributed by atoms with van der Waals surface area (Å²) in [5.41, 5.74) is 3.75. The SMILES string of the molecule is CC1(C)Cc2ccncc2[C@]1(O)c1cccc(-c2csc(-c3cn(S(=O)(=O)c4ccccc4)c4ncccc34)n2)c1. The van der Waals surface area contributed by atoms with E-state index in [1.54, 1.807) is 61.2 Å². The Labute approximate surface area is 241 Å². The van der Waals surface area contributed by atoms with Crippen molar-refractivity contribution >= 4 is 32.4 Å². The lowest BCUT2D eigenvalue weighted by molar-refractivity contribution is -0.0211. The average Bonchev–Trinajstić information content (AvgIpc) is 3.68. The Morgan fingerprint density at radius 2 is 1.80 bits per heavy atom. The van der Waals surface area contributed by atoms with Crippen molar-refractivity contribution in [3.63, 3.8) is 0 Å². The Balaban J connectivity index is 1.31. The maximum Gasteiger partial charge on any atom is 0.269 e. The van der Waals surface area contributed by atoms with E-state index in [0.717, 1.165) is 34.4 Å². The van der Waals surface area contributed by atoms with Crippen LogP contribution in [0.3, 0.4) is 0 Å². The Hall–Kier alpha value is -4.18. The maximum absolute atomic E-state index is 13.5. The Bertz CT molecular complexity index is 2050. The van der Waals surface area contributed by atoms with Crippen molar-refractivity contribution in [2.75, 3.05) is 0 Å². The van der Waals surface area contributed by atoms with Gasteiger partial charge in [-0.3, -0.25) is 4.98 Å². The van der Waals surface area contributed by atoms with Crippen molar-refractivity contribution in [3.05, 3.63) is 120 Å². The molecule has 9 heteroatoms. The lowest BCUT2D eigenvalue weighted by atomic mass is 9.71. The predicted octanol–water partition coefficient (Wildman–Crippen LogP) is 6.28. The monoisotopic (exact) mass is 578 g/mol. The zero-order chi connectivity index (χ0) is 28.4. The largest absolute Gasteiger partial charge is 0.380 e. The van der Waals surface area contributed by atoms with Crippen molar-refractivity contribution < 1.29 is 13.5 Å². The molecule has 0 aliphatic heterocycles. The molecule has 0 radical (unpaired) electrons. The van der Waals surface area contributed by atoms with Gasteiger partial charge in [0.1, 0.15) is 10.6 Å². The summed E-state index contributed by atoms with van der Waals surface area (Å²) in [6.45, 7) is 4.15. The topological polar surface area (TPSA) is 98.0 Å². The van der Waals surface area contributed by atoms with Crippen LogP contribution in [0.1, 0.15) is 30.5 Å². The molecular weight excluding hydrogens is 553 g/mol. The van der Waals surface area contributed by atoms with E-state index in [1.165, 1.54) is 15.3 Å². The van der Waals surface area contributed by atoms with E-state index >= 15 is 0 Å². The molecule has 0 spiro atoms. The highest BCUT2D eigenvalue weighted by Gasteiger charge is 2.52. The summed E-state index contributed by atoms with van der Waals surface area (Å²) < 4.78 is 28.3. The predicted molar refractivity (Wildman–Crippen MR) is 160 cm³/mol. The number of nitrogens with zero attached hydrogens (tertiary/aromatic N) is 4. The molecule has 0 fully saturated rings. The van der Waals surface area contributed by atoms with Gasteiger partial charge in [-0.05, 0) is 53.9 Å². The van der Waals surface area contributed by atoms with Gasteiger partial charge >= 0.3 is 0 Å². The number of thiazole rings is 1. The summed E-state index contributed by atoms with van der Waals surface area (Å²) in [5.74, 6) is 0. The van der Waals surface area contributed by atoms with Gasteiger partial charge in [-0.25, -0.2) is 22.4 Å². The van der Waals surface area contributed by atoms with Crippen molar-refractivity contribution in [2.45, 2.75) is 30.8 Å². The van der Waals surface area contributed by atoms with Crippen LogP contribution in [0.2, 0.25) is 0 Å². The first-order chi connectivity index (χ1) is 19.7. The van der Waals surface area contributed by atoms with Gasteiger partial charge in [0, 0.05) is 57.7 Å². The summed E-state index contributed by atoms with van der Waals surface area (Å²) in [4.78, 5) is 13.8. The summed E-state index contributed by atoms with van der Waals surface area (Å²) in [7, 11) is -3.86. The molecule has 1 N–H and O–H groups in total. The molecule has 204 valence electrons. The van der Waals surface area contributed by atoms with Crippen molar-refractivity contribution in [1.29, 1.82) is 0 Å². The highest BCUT2D eigenvalue weighted by Crippen LogP contribution is 2.53. The first kappa shape index (κ1) is 25.8. The van der Waals surface area contributed by atoms with Crippen LogP contribution in [0.25, 0.3) is 32.9 Å². The fourth-order valence-corrected chi connectivity index (χ4v) is 8.14. The molecule has 7 nitrogen and oxygen atoms in total. The van der Waals surface area contributed by atoms with Crippen LogP contribution in [0.15, 0.2) is 108 Å². The van der Waals surface area contributed by atoms with Crippen molar-refractivity contribution in [3.8, 4) is 21.8 Å². The number of hydrogen-bond acceptors (Lipinski definition) is 7. The standard InChI is InChI=1S/C32H26N4O3S2/c1-31(2)17-22-13-15-33-18-27(22)32(31,37)23-9-6-8-21(16-23)28-20-40-30(35-28)26-19-36(29-25(26)12-7-14-34-29)41(38,39)24-10-4-3-5-11-24/h3-16,18-20,37H,17H2,1-2H3/t32-/m1/s1. The number of benzene rings is 2. The average molecular weight is 579 g/mol. The number of rotatable bonds is 5. The molecule has 4 heterocycles. The highest BCUT2D eigenvalue weighted by molar-refractivity contribution is 7.90. The van der Waals surface area contributed by atoms with E-state index in [1.807, 2.05) is 41.8 Å². The van der Waals surface area contributed by atoms with Crippen molar-refractivity contribution in [2.24, 2.45) is 5.41 Å². The molecule has 2 aromatic carbocycles. The third kappa shape index (κ3) is 3.88. The van der Waals surface area contributed by atoms with E-state index < -0.39 is 21.0 Å². The quantitative estimate of drug-likeness (QED) is 0.259. The fourth-order valence-electron chi connectivity index (χ4n) is 5.94. The van der Waals surface area contributed by atoms with Gasteiger partial charge in [0.2, 0.25) is 0 Å². The van der Waals surface area contributed by atoms with E-state index in [9.17, 15) is 13.5 Å². The molecule has 1 atom stereocenters. The third-order valence-electron chi connectivity index (χ3n) is 8.06. The van der Waals surface area contributed by atoms with Gasteiger partial charge in [-0.1, -0.05) is 50.2 Å². The lowest BCUT2D eigenvalue weighted by Crippen LogP contribution is -2.39. The van der Waals surface area contributed by atoms with Crippen molar-refractivity contribution in [1.82, 2.24) is 18.9 Å². The fraction of sp³-hybridized carbons (Fsp3) is 0.156. The summed E-state index contributed by atoms with van der Waals surface area (Å²) in [6, 6.07) is 21.8. The second-order valence-corrected chi connectivity index (χ2v) is 13.6. The summed E-state index contributed by atoms with van der Waals surface area (Å²) in [5, 5.41) is 15.5. The Morgan fingerprint density at radius 1 is 0.976 bits per heavy atom. The zero-order valence-electron chi connectivity index (χ0n) is 22.4. The van der Waals surface area contributed by atoms with E-state index in [2.05, 4.69) is 23.8 Å². The molecule has 6 aromatic rings. The van der Waals surface area contributed by atoms with Crippen LogP contribution in [0.4, 0.5) is 0 Å². The van der Waals surface area contributed by atoms with Gasteiger partial charge < -0.3 is 5.11 Å². The van der Waals surface area contributed by atoms with E-state index in [-0.39, 0.29) is 4.90 Å². The molecule has 0 unspecified atom stereocenters. The van der Waals surface area contributed by atoms with Crippen LogP contribution < -0.4 is 0 Å². The minimum Gasteiger partial charge on any atom is -0.380 e.